The molecule has 0 spiro atoms. The van der Waals surface area contributed by atoms with E-state index in [0.29, 0.717) is 42.6 Å². The number of nitrogens with zero attached hydrogens (tertiary/aromatic N) is 2. The van der Waals surface area contributed by atoms with E-state index in [1.54, 1.807) is 47.4 Å². The maximum absolute atomic E-state index is 13.2. The van der Waals surface area contributed by atoms with E-state index in [9.17, 15) is 19.2 Å². The molecular formula is C28H32N4O4. The highest BCUT2D eigenvalue weighted by Gasteiger charge is 2.35. The maximum Gasteiger partial charge on any atom is 0.315 e. The van der Waals surface area contributed by atoms with Crippen molar-refractivity contribution in [2.24, 2.45) is 0 Å². The predicted octanol–water partition coefficient (Wildman–Crippen LogP) is 3.72. The van der Waals surface area contributed by atoms with Gasteiger partial charge in [0.2, 0.25) is 0 Å². The summed E-state index contributed by atoms with van der Waals surface area (Å²) < 4.78 is 0. The first-order valence-corrected chi connectivity index (χ1v) is 12.9. The molecule has 2 aromatic carbocycles. The van der Waals surface area contributed by atoms with Gasteiger partial charge in [0.15, 0.2) is 0 Å². The van der Waals surface area contributed by atoms with Gasteiger partial charge in [0.25, 0.3) is 17.7 Å². The Morgan fingerprint density at radius 1 is 0.778 bits per heavy atom. The third-order valence-electron chi connectivity index (χ3n) is 7.45. The van der Waals surface area contributed by atoms with Gasteiger partial charge in [-0.1, -0.05) is 43.5 Å². The van der Waals surface area contributed by atoms with Gasteiger partial charge in [-0.25, -0.2) is 4.79 Å². The Balaban J connectivity index is 1.14. The van der Waals surface area contributed by atoms with Crippen LogP contribution in [0.4, 0.5) is 4.79 Å². The van der Waals surface area contributed by atoms with Gasteiger partial charge in [-0.15, -0.1) is 0 Å². The van der Waals surface area contributed by atoms with E-state index in [1.165, 1.54) is 24.2 Å². The molecule has 36 heavy (non-hydrogen) atoms. The van der Waals surface area contributed by atoms with E-state index >= 15 is 0 Å². The van der Waals surface area contributed by atoms with E-state index in [-0.39, 0.29) is 42.4 Å². The maximum atomic E-state index is 13.2. The number of hydrogen-bond donors (Lipinski definition) is 2. The molecule has 8 nitrogen and oxygen atoms in total. The second kappa shape index (κ2) is 10.5. The number of amides is 5. The predicted molar refractivity (Wildman–Crippen MR) is 135 cm³/mol. The summed E-state index contributed by atoms with van der Waals surface area (Å²) in [5, 5.41) is 6.16. The smallest absolute Gasteiger partial charge is 0.315 e. The average molecular weight is 489 g/mol. The van der Waals surface area contributed by atoms with Gasteiger partial charge < -0.3 is 15.5 Å². The molecule has 5 rings (SSSR count). The summed E-state index contributed by atoms with van der Waals surface area (Å²) >= 11 is 0. The quantitative estimate of drug-likeness (QED) is 0.627. The van der Waals surface area contributed by atoms with Crippen molar-refractivity contribution in [1.29, 1.82) is 0 Å². The van der Waals surface area contributed by atoms with Gasteiger partial charge >= 0.3 is 6.03 Å². The third kappa shape index (κ3) is 5.12. The zero-order valence-electron chi connectivity index (χ0n) is 20.4. The van der Waals surface area contributed by atoms with Crippen LogP contribution in [-0.4, -0.2) is 58.7 Å². The lowest BCUT2D eigenvalue weighted by Gasteiger charge is -2.33. The first kappa shape index (κ1) is 24.0. The molecule has 0 atom stereocenters. The van der Waals surface area contributed by atoms with Crippen molar-refractivity contribution in [2.45, 2.75) is 63.6 Å². The second-order valence-corrected chi connectivity index (χ2v) is 9.96. The van der Waals surface area contributed by atoms with Crippen molar-refractivity contribution in [3.8, 4) is 0 Å². The number of carbonyl (C=O) groups excluding carboxylic acids is 4. The standard InChI is InChI=1S/C28H32N4O4/c33-25(31-15-13-22(14-16-31)30-28(36)29-21-9-2-1-3-10-21)20-8-6-7-19(17-20)18-32-26(34)23-11-4-5-12-24(23)27(32)35/h4-8,11-12,17,21-22H,1-3,9-10,13-16,18H2,(H2,29,30,36). The summed E-state index contributed by atoms with van der Waals surface area (Å²) in [6, 6.07) is 14.2. The van der Waals surface area contributed by atoms with Crippen LogP contribution in [0.5, 0.6) is 0 Å². The topological polar surface area (TPSA) is 98.8 Å². The van der Waals surface area contributed by atoms with Gasteiger partial charge in [-0.2, -0.15) is 0 Å². The molecule has 0 radical (unpaired) electrons. The minimum atomic E-state index is -0.311. The summed E-state index contributed by atoms with van der Waals surface area (Å²) in [6.07, 6.45) is 7.10. The van der Waals surface area contributed by atoms with E-state index in [1.807, 2.05) is 6.07 Å². The molecule has 1 saturated heterocycles. The highest BCUT2D eigenvalue weighted by Crippen LogP contribution is 2.25. The van der Waals surface area contributed by atoms with Gasteiger partial charge in [0.05, 0.1) is 17.7 Å². The number of piperidine rings is 1. The molecule has 188 valence electrons. The Hall–Kier alpha value is -3.68. The molecule has 2 N–H and O–H groups in total. The van der Waals surface area contributed by atoms with Crippen LogP contribution < -0.4 is 10.6 Å². The minimum absolute atomic E-state index is 0.0535. The van der Waals surface area contributed by atoms with Crippen LogP contribution in [-0.2, 0) is 6.54 Å². The highest BCUT2D eigenvalue weighted by molar-refractivity contribution is 6.21. The molecule has 2 aromatic rings. The average Bonchev–Trinajstić information content (AvgIpc) is 3.14. The molecule has 2 fully saturated rings. The number of rotatable bonds is 5. The van der Waals surface area contributed by atoms with Gasteiger partial charge in [0.1, 0.15) is 0 Å². The van der Waals surface area contributed by atoms with Crippen molar-refractivity contribution >= 4 is 23.8 Å². The van der Waals surface area contributed by atoms with E-state index in [4.69, 9.17) is 0 Å². The molecule has 0 aromatic heterocycles. The van der Waals surface area contributed by atoms with Gasteiger partial charge in [0, 0.05) is 30.7 Å². The van der Waals surface area contributed by atoms with E-state index in [0.717, 1.165) is 18.4 Å². The molecule has 5 amide bonds. The van der Waals surface area contributed by atoms with Crippen LogP contribution in [0.2, 0.25) is 0 Å². The Bertz CT molecular complexity index is 1130. The highest BCUT2D eigenvalue weighted by atomic mass is 16.2. The van der Waals surface area contributed by atoms with Crippen LogP contribution in [0.1, 0.15) is 81.6 Å². The van der Waals surface area contributed by atoms with E-state index in [2.05, 4.69) is 10.6 Å². The fourth-order valence-electron chi connectivity index (χ4n) is 5.44. The summed E-state index contributed by atoms with van der Waals surface area (Å²) in [5.74, 6) is -0.701. The molecule has 0 unspecified atom stereocenters. The molecule has 0 bridgehead atoms. The van der Waals surface area contributed by atoms with Gasteiger partial charge in [-0.3, -0.25) is 19.3 Å². The molecule has 8 heteroatoms. The third-order valence-corrected chi connectivity index (χ3v) is 7.45. The van der Waals surface area contributed by atoms with Crippen LogP contribution in [0.3, 0.4) is 0 Å². The van der Waals surface area contributed by atoms with Crippen LogP contribution in [0.15, 0.2) is 48.5 Å². The first-order valence-electron chi connectivity index (χ1n) is 12.9. The lowest BCUT2D eigenvalue weighted by molar-refractivity contribution is 0.0641. The summed E-state index contributed by atoms with van der Waals surface area (Å²) in [5.41, 5.74) is 2.09. The fourth-order valence-corrected chi connectivity index (χ4v) is 5.44. The van der Waals surface area contributed by atoms with Crippen LogP contribution in [0, 0.1) is 0 Å². The Labute approximate surface area is 211 Å². The number of urea groups is 1. The van der Waals surface area contributed by atoms with Crippen molar-refractivity contribution in [3.63, 3.8) is 0 Å². The summed E-state index contributed by atoms with van der Waals surface area (Å²) in [7, 11) is 0. The van der Waals surface area contributed by atoms with E-state index < -0.39 is 0 Å². The van der Waals surface area contributed by atoms with Crippen LogP contribution in [0.25, 0.3) is 0 Å². The fraction of sp³-hybridized carbons (Fsp3) is 0.429. The monoisotopic (exact) mass is 488 g/mol. The normalized spacial score (nSPS) is 18.8. The number of nitrogens with one attached hydrogen (secondary N) is 2. The molecule has 2 aliphatic heterocycles. The zero-order valence-corrected chi connectivity index (χ0v) is 20.4. The number of fused-ring (bicyclic) bond motifs is 1. The second-order valence-electron chi connectivity index (χ2n) is 9.96. The number of carbonyl (C=O) groups is 4. The summed E-state index contributed by atoms with van der Waals surface area (Å²) in [4.78, 5) is 53.9. The van der Waals surface area contributed by atoms with Crippen molar-refractivity contribution in [3.05, 3.63) is 70.8 Å². The number of benzene rings is 2. The lowest BCUT2D eigenvalue weighted by Crippen LogP contribution is -2.51. The Kier molecular flexibility index (Phi) is 7.02. The number of likely N-dealkylation sites (tertiary alicyclic amines) is 1. The minimum Gasteiger partial charge on any atom is -0.338 e. The Morgan fingerprint density at radius 2 is 1.39 bits per heavy atom. The number of hydrogen-bond acceptors (Lipinski definition) is 4. The SMILES string of the molecule is O=C(NC1CCCCC1)NC1CCN(C(=O)c2cccc(CN3C(=O)c4ccccc4C3=O)c2)CC1. The van der Waals surface area contributed by atoms with Gasteiger partial charge in [-0.05, 0) is 55.5 Å². The number of imide groups is 1. The first-order chi connectivity index (χ1) is 17.5. The zero-order chi connectivity index (χ0) is 25.1. The lowest BCUT2D eigenvalue weighted by atomic mass is 9.96. The molecular weight excluding hydrogens is 456 g/mol. The molecule has 3 aliphatic rings. The summed E-state index contributed by atoms with van der Waals surface area (Å²) in [6.45, 7) is 1.25. The largest absolute Gasteiger partial charge is 0.338 e. The van der Waals surface area contributed by atoms with Crippen molar-refractivity contribution in [2.75, 3.05) is 13.1 Å². The van der Waals surface area contributed by atoms with Crippen molar-refractivity contribution in [1.82, 2.24) is 20.4 Å². The van der Waals surface area contributed by atoms with Crippen LogP contribution >= 0.6 is 0 Å². The molecule has 1 aliphatic carbocycles. The van der Waals surface area contributed by atoms with Crippen molar-refractivity contribution < 1.29 is 19.2 Å². The Morgan fingerprint density at radius 3 is 2.03 bits per heavy atom. The molecule has 2 heterocycles. The molecule has 1 saturated carbocycles.